The fraction of sp³-hybridized carbons (Fsp3) is 0.933. The van der Waals surface area contributed by atoms with Crippen LogP contribution in [0.2, 0.25) is 0 Å². The van der Waals surface area contributed by atoms with Gasteiger partial charge in [-0.25, -0.2) is 0 Å². The van der Waals surface area contributed by atoms with E-state index in [2.05, 4.69) is 12.2 Å². The summed E-state index contributed by atoms with van der Waals surface area (Å²) in [5, 5.41) is 5.03. The summed E-state index contributed by atoms with van der Waals surface area (Å²) in [7, 11) is 0. The van der Waals surface area contributed by atoms with Crippen molar-refractivity contribution in [2.75, 3.05) is 5.75 Å². The van der Waals surface area contributed by atoms with Crippen molar-refractivity contribution >= 4 is 16.9 Å². The van der Waals surface area contributed by atoms with E-state index in [1.807, 2.05) is 11.8 Å². The summed E-state index contributed by atoms with van der Waals surface area (Å²) in [5.41, 5.74) is 0.325. The number of nitrogens with zero attached hydrogens (tertiary/aromatic N) is 1. The molecular formula is C15H26N2S. The third-order valence-corrected chi connectivity index (χ3v) is 6.03. The molecule has 0 bridgehead atoms. The number of fused-ring (bicyclic) bond motifs is 1. The predicted octanol–water partition coefficient (Wildman–Crippen LogP) is 3.96. The normalized spacial score (nSPS) is 35.5. The van der Waals surface area contributed by atoms with Crippen molar-refractivity contribution in [2.24, 2.45) is 10.9 Å². The van der Waals surface area contributed by atoms with E-state index in [4.69, 9.17) is 4.99 Å². The molecule has 2 nitrogen and oxygen atoms in total. The second kappa shape index (κ2) is 5.44. The Morgan fingerprint density at radius 1 is 1.11 bits per heavy atom. The molecule has 102 valence electrons. The molecule has 2 fully saturated rings. The third kappa shape index (κ3) is 2.87. The molecule has 0 aromatic carbocycles. The SMILES string of the molecule is CC1(NC2=NC3CCCCC3CS2)CCCCC1. The van der Waals surface area contributed by atoms with Crippen LogP contribution in [0.15, 0.2) is 4.99 Å². The van der Waals surface area contributed by atoms with E-state index < -0.39 is 0 Å². The van der Waals surface area contributed by atoms with Crippen LogP contribution in [0.3, 0.4) is 0 Å². The highest BCUT2D eigenvalue weighted by molar-refractivity contribution is 8.13. The van der Waals surface area contributed by atoms with E-state index in [9.17, 15) is 0 Å². The van der Waals surface area contributed by atoms with Crippen LogP contribution in [0.1, 0.15) is 64.7 Å². The highest BCUT2D eigenvalue weighted by Crippen LogP contribution is 2.35. The highest BCUT2D eigenvalue weighted by Gasteiger charge is 2.32. The molecule has 0 amide bonds. The average Bonchev–Trinajstić information content (AvgIpc) is 2.39. The van der Waals surface area contributed by atoms with Crippen LogP contribution >= 0.6 is 11.8 Å². The Labute approximate surface area is 115 Å². The zero-order valence-electron chi connectivity index (χ0n) is 11.6. The summed E-state index contributed by atoms with van der Waals surface area (Å²) in [6, 6.07) is 0.634. The number of hydrogen-bond donors (Lipinski definition) is 1. The first-order chi connectivity index (χ1) is 8.75. The molecule has 2 saturated carbocycles. The largest absolute Gasteiger partial charge is 0.360 e. The lowest BCUT2D eigenvalue weighted by Gasteiger charge is -2.39. The first-order valence-corrected chi connectivity index (χ1v) is 8.73. The van der Waals surface area contributed by atoms with Gasteiger partial charge in [-0.1, -0.05) is 43.9 Å². The second-order valence-electron chi connectivity index (χ2n) is 6.60. The van der Waals surface area contributed by atoms with E-state index >= 15 is 0 Å². The summed E-state index contributed by atoms with van der Waals surface area (Å²) in [6.07, 6.45) is 12.4. The maximum atomic E-state index is 5.01. The molecule has 3 rings (SSSR count). The van der Waals surface area contributed by atoms with E-state index in [-0.39, 0.29) is 0 Å². The summed E-state index contributed by atoms with van der Waals surface area (Å²) in [4.78, 5) is 5.01. The van der Waals surface area contributed by atoms with Gasteiger partial charge in [-0.15, -0.1) is 0 Å². The Kier molecular flexibility index (Phi) is 3.88. The summed E-state index contributed by atoms with van der Waals surface area (Å²) < 4.78 is 0. The fourth-order valence-electron chi connectivity index (χ4n) is 3.71. The molecule has 3 heteroatoms. The summed E-state index contributed by atoms with van der Waals surface area (Å²) in [5.74, 6) is 2.17. The molecule has 0 saturated heterocycles. The van der Waals surface area contributed by atoms with Gasteiger partial charge >= 0.3 is 0 Å². The Bertz CT molecular complexity index is 320. The zero-order valence-corrected chi connectivity index (χ0v) is 12.4. The number of hydrogen-bond acceptors (Lipinski definition) is 3. The number of thioether (sulfide) groups is 1. The van der Waals surface area contributed by atoms with Crippen LogP contribution in [-0.2, 0) is 0 Å². The lowest BCUT2D eigenvalue weighted by Crippen LogP contribution is -2.48. The lowest BCUT2D eigenvalue weighted by molar-refractivity contribution is 0.289. The van der Waals surface area contributed by atoms with Crippen molar-refractivity contribution in [3.63, 3.8) is 0 Å². The first-order valence-electron chi connectivity index (χ1n) is 7.74. The van der Waals surface area contributed by atoms with Gasteiger partial charge < -0.3 is 5.32 Å². The summed E-state index contributed by atoms with van der Waals surface area (Å²) >= 11 is 1.98. The van der Waals surface area contributed by atoms with Crippen molar-refractivity contribution in [3.05, 3.63) is 0 Å². The van der Waals surface area contributed by atoms with Gasteiger partial charge in [0.1, 0.15) is 0 Å². The second-order valence-corrected chi connectivity index (χ2v) is 7.61. The van der Waals surface area contributed by atoms with Crippen molar-refractivity contribution in [1.29, 1.82) is 0 Å². The van der Waals surface area contributed by atoms with E-state index in [1.165, 1.54) is 68.7 Å². The van der Waals surface area contributed by atoms with Crippen LogP contribution in [0.4, 0.5) is 0 Å². The van der Waals surface area contributed by atoms with Crippen LogP contribution in [0.25, 0.3) is 0 Å². The Hall–Kier alpha value is -0.180. The molecular weight excluding hydrogens is 240 g/mol. The topological polar surface area (TPSA) is 24.4 Å². The van der Waals surface area contributed by atoms with E-state index in [0.29, 0.717) is 11.6 Å². The maximum Gasteiger partial charge on any atom is 0.157 e. The molecule has 0 aromatic heterocycles. The van der Waals surface area contributed by atoms with Crippen LogP contribution in [-0.4, -0.2) is 22.5 Å². The maximum absolute atomic E-state index is 5.01. The fourth-order valence-corrected chi connectivity index (χ4v) is 5.00. The zero-order chi connectivity index (χ0) is 12.4. The lowest BCUT2D eigenvalue weighted by atomic mass is 9.83. The smallest absolute Gasteiger partial charge is 0.157 e. The van der Waals surface area contributed by atoms with Crippen LogP contribution in [0, 0.1) is 5.92 Å². The van der Waals surface area contributed by atoms with Gasteiger partial charge in [0, 0.05) is 11.3 Å². The Balaban J connectivity index is 1.63. The number of amidine groups is 1. The molecule has 1 heterocycles. The molecule has 2 atom stereocenters. The van der Waals surface area contributed by atoms with Crippen LogP contribution < -0.4 is 5.32 Å². The summed E-state index contributed by atoms with van der Waals surface area (Å²) in [6.45, 7) is 2.39. The van der Waals surface area contributed by atoms with Gasteiger partial charge in [-0.05, 0) is 38.5 Å². The molecule has 1 aliphatic heterocycles. The van der Waals surface area contributed by atoms with Gasteiger partial charge in [0.15, 0.2) is 5.17 Å². The van der Waals surface area contributed by atoms with Crippen LogP contribution in [0.5, 0.6) is 0 Å². The quantitative estimate of drug-likeness (QED) is 0.777. The van der Waals surface area contributed by atoms with Crippen molar-refractivity contribution in [1.82, 2.24) is 5.32 Å². The van der Waals surface area contributed by atoms with Gasteiger partial charge in [0.2, 0.25) is 0 Å². The molecule has 0 aromatic rings. The van der Waals surface area contributed by atoms with Gasteiger partial charge in [-0.2, -0.15) is 0 Å². The Morgan fingerprint density at radius 2 is 1.89 bits per heavy atom. The number of aliphatic imine (C=N–C) groups is 1. The minimum Gasteiger partial charge on any atom is -0.360 e. The van der Waals surface area contributed by atoms with Gasteiger partial charge in [0.05, 0.1) is 6.04 Å². The van der Waals surface area contributed by atoms with Crippen molar-refractivity contribution in [3.8, 4) is 0 Å². The number of rotatable bonds is 1. The van der Waals surface area contributed by atoms with Gasteiger partial charge in [0.25, 0.3) is 0 Å². The molecule has 0 spiro atoms. The molecule has 2 aliphatic carbocycles. The first kappa shape index (κ1) is 12.8. The van der Waals surface area contributed by atoms with E-state index in [0.717, 1.165) is 5.92 Å². The van der Waals surface area contributed by atoms with Crippen molar-refractivity contribution < 1.29 is 0 Å². The number of nitrogens with one attached hydrogen (secondary N) is 1. The van der Waals surface area contributed by atoms with Crippen molar-refractivity contribution in [2.45, 2.75) is 76.3 Å². The molecule has 18 heavy (non-hydrogen) atoms. The Morgan fingerprint density at radius 3 is 2.72 bits per heavy atom. The minimum absolute atomic E-state index is 0.325. The molecule has 2 unspecified atom stereocenters. The monoisotopic (exact) mass is 266 g/mol. The molecule has 3 aliphatic rings. The molecule has 0 radical (unpaired) electrons. The average molecular weight is 266 g/mol. The highest BCUT2D eigenvalue weighted by atomic mass is 32.2. The minimum atomic E-state index is 0.325. The standard InChI is InChI=1S/C15H26N2S/c1-15(9-5-2-6-10-15)17-14-16-13-8-4-3-7-12(13)11-18-14/h12-13H,2-11H2,1H3,(H,16,17). The predicted molar refractivity (Wildman–Crippen MR) is 80.3 cm³/mol. The third-order valence-electron chi connectivity index (χ3n) is 4.95. The van der Waals surface area contributed by atoms with E-state index in [1.54, 1.807) is 0 Å². The van der Waals surface area contributed by atoms with Gasteiger partial charge in [-0.3, -0.25) is 4.99 Å². The molecule has 1 N–H and O–H groups in total.